The third-order valence-electron chi connectivity index (χ3n) is 5.29. The maximum atomic E-state index is 8.49. The van der Waals surface area contributed by atoms with Gasteiger partial charge in [-0.25, -0.2) is 18.6 Å². The Kier molecular flexibility index (Phi) is 9.12. The lowest BCUT2D eigenvalue weighted by atomic mass is 9.79. The van der Waals surface area contributed by atoms with E-state index in [1.165, 1.54) is 58.0 Å². The van der Waals surface area contributed by atoms with Crippen LogP contribution in [0.15, 0.2) is 23.2 Å². The normalized spacial score (nSPS) is 14.5. The largest absolute Gasteiger partial charge is 0.331 e. The van der Waals surface area contributed by atoms with Crippen LogP contribution in [0.1, 0.15) is 82.9 Å². The van der Waals surface area contributed by atoms with Gasteiger partial charge in [-0.05, 0) is 59.1 Å². The van der Waals surface area contributed by atoms with Crippen molar-refractivity contribution in [3.05, 3.63) is 39.8 Å². The fourth-order valence-electron chi connectivity index (χ4n) is 3.51. The third-order valence-corrected chi connectivity index (χ3v) is 7.41. The summed E-state index contributed by atoms with van der Waals surface area (Å²) in [6, 6.07) is 7.15. The van der Waals surface area contributed by atoms with Crippen molar-refractivity contribution in [1.29, 1.82) is 0 Å². The molecular weight excluding hydrogens is 466 g/mol. The molecule has 0 radical (unpaired) electrons. The smallest absolute Gasteiger partial charge is 0.222 e. The van der Waals surface area contributed by atoms with Crippen LogP contribution in [0.2, 0.25) is 0 Å². The molecular formula is C24H34ClNO4S2. The first kappa shape index (κ1) is 27.4. The third kappa shape index (κ3) is 8.20. The van der Waals surface area contributed by atoms with Gasteiger partial charge in [-0.2, -0.15) is 4.98 Å². The van der Waals surface area contributed by atoms with Crippen LogP contribution in [0.25, 0.3) is 10.6 Å². The predicted molar refractivity (Wildman–Crippen MR) is 122 cm³/mol. The number of hydrogen-bond acceptors (Lipinski definition) is 6. The van der Waals surface area contributed by atoms with E-state index in [0.29, 0.717) is 0 Å². The Morgan fingerprint density at radius 1 is 0.906 bits per heavy atom. The molecule has 1 heterocycles. The second-order valence-electron chi connectivity index (χ2n) is 10.0. The Bertz CT molecular complexity index is 893. The number of aromatic nitrogens is 1. The molecule has 1 aromatic heterocycles. The van der Waals surface area contributed by atoms with Gasteiger partial charge in [0.25, 0.3) is 0 Å². The molecule has 8 heteroatoms. The number of aryl methyl sites for hydroxylation is 1. The van der Waals surface area contributed by atoms with Crippen LogP contribution >= 0.6 is 23.1 Å². The molecule has 1 aliphatic rings. The van der Waals surface area contributed by atoms with Gasteiger partial charge in [0.05, 0.1) is 5.56 Å². The van der Waals surface area contributed by atoms with Gasteiger partial charge in [0, 0.05) is 12.0 Å². The summed E-state index contributed by atoms with van der Waals surface area (Å²) in [6.07, 6.45) is 5.05. The van der Waals surface area contributed by atoms with Crippen LogP contribution in [0, 0.1) is 10.2 Å². The van der Waals surface area contributed by atoms with Gasteiger partial charge in [0.15, 0.2) is 0 Å². The zero-order valence-electron chi connectivity index (χ0n) is 20.0. The van der Waals surface area contributed by atoms with Crippen molar-refractivity contribution in [2.75, 3.05) is 5.75 Å². The van der Waals surface area contributed by atoms with E-state index in [9.17, 15) is 0 Å². The summed E-state index contributed by atoms with van der Waals surface area (Å²) < 4.78 is 34.0. The van der Waals surface area contributed by atoms with E-state index in [1.54, 1.807) is 4.88 Å². The first-order valence-corrected chi connectivity index (χ1v) is 13.9. The Morgan fingerprint density at radius 3 is 1.88 bits per heavy atom. The lowest BCUT2D eigenvalue weighted by molar-refractivity contribution is -2.00. The number of benzene rings is 1. The highest BCUT2D eigenvalue weighted by Crippen LogP contribution is 2.39. The van der Waals surface area contributed by atoms with Gasteiger partial charge in [0.1, 0.15) is 5.03 Å². The zero-order chi connectivity index (χ0) is 24.3. The van der Waals surface area contributed by atoms with Crippen LogP contribution in [0.5, 0.6) is 0 Å². The Labute approximate surface area is 202 Å². The molecule has 0 amide bonds. The van der Waals surface area contributed by atoms with Gasteiger partial charge in [0.2, 0.25) is 16.2 Å². The van der Waals surface area contributed by atoms with E-state index >= 15 is 0 Å². The number of hydrogen-bond donors (Lipinski definition) is 0. The minimum absolute atomic E-state index is 0.135. The highest BCUT2D eigenvalue weighted by atomic mass is 35.7. The van der Waals surface area contributed by atoms with Crippen molar-refractivity contribution in [2.45, 2.75) is 90.0 Å². The van der Waals surface area contributed by atoms with Crippen LogP contribution in [-0.2, 0) is 23.7 Å². The van der Waals surface area contributed by atoms with Gasteiger partial charge in [-0.1, -0.05) is 54.5 Å². The molecule has 0 bridgehead atoms. The number of thioether (sulfide) groups is 1. The van der Waals surface area contributed by atoms with E-state index in [0.717, 1.165) is 5.75 Å². The highest BCUT2D eigenvalue weighted by Gasteiger charge is 2.29. The highest BCUT2D eigenvalue weighted by molar-refractivity contribution is 7.99. The molecule has 5 nitrogen and oxygen atoms in total. The first-order chi connectivity index (χ1) is 14.6. The minimum atomic E-state index is -4.94. The molecule has 2 aromatic rings. The molecule has 0 saturated carbocycles. The molecule has 0 fully saturated rings. The molecule has 3 rings (SSSR count). The van der Waals surface area contributed by atoms with Gasteiger partial charge in [-0.15, -0.1) is 22.0 Å². The summed E-state index contributed by atoms with van der Waals surface area (Å²) >= 11 is 3.85. The van der Waals surface area contributed by atoms with E-state index in [1.807, 2.05) is 23.1 Å². The minimum Gasteiger partial charge on any atom is -0.222 e. The molecule has 1 aromatic carbocycles. The lowest BCUT2D eigenvalue weighted by Gasteiger charge is -2.25. The summed E-state index contributed by atoms with van der Waals surface area (Å²) in [5.74, 6) is 1.09. The second kappa shape index (κ2) is 10.6. The molecule has 0 saturated heterocycles. The number of nitrogens with zero attached hydrogens (tertiary/aromatic N) is 1. The monoisotopic (exact) mass is 499 g/mol. The zero-order valence-corrected chi connectivity index (χ0v) is 22.4. The number of halogens is 1. The standard InChI is InChI=1S/C24H34NS2.ClHO4/c1-8-26-22-19-11-9-10-12-20(19)27-21(25-22)16-13-17(23(2,3)4)15-18(14-16)24(5,6)7;2-1(3,4)5/h13-15H,8-12H2,1-7H3;(H,2,3,4,5)/q+1;/p-1. The quantitative estimate of drug-likeness (QED) is 0.475. The van der Waals surface area contributed by atoms with E-state index in [2.05, 4.69) is 66.7 Å². The Morgan fingerprint density at radius 2 is 1.41 bits per heavy atom. The van der Waals surface area contributed by atoms with E-state index < -0.39 is 10.2 Å². The Balaban J connectivity index is 0.000000654. The maximum Gasteiger partial charge on any atom is 0.331 e. The fraction of sp³-hybridized carbons (Fsp3) is 0.583. The molecule has 0 unspecified atom stereocenters. The molecule has 0 atom stereocenters. The lowest BCUT2D eigenvalue weighted by Crippen LogP contribution is -2.68. The summed E-state index contributed by atoms with van der Waals surface area (Å²) in [5.41, 5.74) is 5.91. The van der Waals surface area contributed by atoms with Crippen LogP contribution in [-0.4, -0.2) is 10.7 Å². The van der Waals surface area contributed by atoms with Gasteiger partial charge >= 0.3 is 5.01 Å². The predicted octanol–water partition coefficient (Wildman–Crippen LogP) is 2.92. The van der Waals surface area contributed by atoms with Gasteiger partial charge < -0.3 is 0 Å². The van der Waals surface area contributed by atoms with E-state index in [-0.39, 0.29) is 10.8 Å². The summed E-state index contributed by atoms with van der Waals surface area (Å²) in [4.78, 5) is 6.74. The summed E-state index contributed by atoms with van der Waals surface area (Å²) in [7, 11) is -4.94. The SMILES string of the molecule is CCSc1nc(-c2cc(C(C)(C)C)cc(C(C)(C)C)c2)[s+]c2c1CCCC2.[O-][Cl+3]([O-])([O-])[O-]. The van der Waals surface area contributed by atoms with Crippen LogP contribution < -0.4 is 18.6 Å². The van der Waals surface area contributed by atoms with Crippen molar-refractivity contribution in [2.24, 2.45) is 0 Å². The average Bonchev–Trinajstić information content (AvgIpc) is 2.65. The van der Waals surface area contributed by atoms with Crippen LogP contribution in [0.3, 0.4) is 0 Å². The van der Waals surface area contributed by atoms with Crippen molar-refractivity contribution in [3.8, 4) is 10.6 Å². The van der Waals surface area contributed by atoms with Crippen molar-refractivity contribution in [3.63, 3.8) is 0 Å². The molecule has 0 N–H and O–H groups in total. The summed E-state index contributed by atoms with van der Waals surface area (Å²) in [6.45, 7) is 16.1. The van der Waals surface area contributed by atoms with Gasteiger partial charge in [-0.3, -0.25) is 0 Å². The van der Waals surface area contributed by atoms with Crippen molar-refractivity contribution < 1.29 is 28.9 Å². The number of rotatable bonds is 3. The maximum absolute atomic E-state index is 8.49. The van der Waals surface area contributed by atoms with E-state index in [4.69, 9.17) is 23.6 Å². The van der Waals surface area contributed by atoms with Crippen LogP contribution in [0.4, 0.5) is 0 Å². The van der Waals surface area contributed by atoms with Crippen molar-refractivity contribution >= 4 is 23.1 Å². The fourth-order valence-corrected chi connectivity index (χ4v) is 5.64. The Hall–Kier alpha value is -0.800. The average molecular weight is 500 g/mol. The van der Waals surface area contributed by atoms with Crippen molar-refractivity contribution in [1.82, 2.24) is 4.98 Å². The second-order valence-corrected chi connectivity index (χ2v) is 13.1. The molecule has 0 aliphatic heterocycles. The summed E-state index contributed by atoms with van der Waals surface area (Å²) in [5, 5.41) is 2.47. The number of fused-ring (bicyclic) bond motifs is 1. The molecule has 178 valence electrons. The first-order valence-electron chi connectivity index (χ1n) is 10.9. The molecule has 1 aliphatic carbocycles. The molecule has 0 spiro atoms. The molecule has 32 heavy (non-hydrogen) atoms. The topological polar surface area (TPSA) is 105 Å².